The Labute approximate surface area is 110 Å². The fourth-order valence-corrected chi connectivity index (χ4v) is 1.56. The minimum absolute atomic E-state index is 0.0392. The highest BCUT2D eigenvalue weighted by atomic mass is 79.9. The highest BCUT2D eigenvalue weighted by Gasteiger charge is 2.18. The molecule has 1 heterocycles. The molecule has 0 unspecified atom stereocenters. The van der Waals surface area contributed by atoms with E-state index in [9.17, 15) is 4.79 Å². The van der Waals surface area contributed by atoms with Gasteiger partial charge in [-0.15, -0.1) is 0 Å². The molecule has 0 N–H and O–H groups in total. The molecule has 3 nitrogen and oxygen atoms in total. The van der Waals surface area contributed by atoms with Gasteiger partial charge in [0.2, 0.25) is 0 Å². The molecule has 0 aliphatic rings. The van der Waals surface area contributed by atoms with E-state index in [4.69, 9.17) is 9.15 Å². The molecule has 0 spiro atoms. The first-order chi connectivity index (χ1) is 7.84. The van der Waals surface area contributed by atoms with E-state index in [-0.39, 0.29) is 11.4 Å². The lowest BCUT2D eigenvalue weighted by atomic mass is 9.94. The number of halogens is 1. The van der Waals surface area contributed by atoms with Gasteiger partial charge in [0.05, 0.1) is 6.61 Å². The first kappa shape index (κ1) is 14.0. The van der Waals surface area contributed by atoms with Crippen molar-refractivity contribution in [2.24, 2.45) is 0 Å². The summed E-state index contributed by atoms with van der Waals surface area (Å²) in [5.41, 5.74) is -0.0392. The number of esters is 1. The third-order valence-corrected chi connectivity index (χ3v) is 2.66. The predicted molar refractivity (Wildman–Crippen MR) is 70.9 cm³/mol. The third kappa shape index (κ3) is 4.04. The summed E-state index contributed by atoms with van der Waals surface area (Å²) in [6.45, 7) is 8.33. The Bertz CT molecular complexity index is 424. The standard InChI is InChI=1S/C13H17BrO3/c1-5-16-12(15)10(14)8-9-6-7-11(17-9)13(2,3)4/h6-8H,5H2,1-4H3/b10-8-. The Balaban J connectivity index is 2.85. The monoisotopic (exact) mass is 300 g/mol. The number of rotatable bonds is 3. The van der Waals surface area contributed by atoms with Crippen molar-refractivity contribution >= 4 is 28.0 Å². The average molecular weight is 301 g/mol. The molecule has 1 aromatic rings. The minimum atomic E-state index is -0.388. The largest absolute Gasteiger partial charge is 0.462 e. The first-order valence-electron chi connectivity index (χ1n) is 5.49. The van der Waals surface area contributed by atoms with Crippen molar-refractivity contribution in [2.45, 2.75) is 33.1 Å². The van der Waals surface area contributed by atoms with Gasteiger partial charge in [0.15, 0.2) is 0 Å². The van der Waals surface area contributed by atoms with Crippen LogP contribution in [0.15, 0.2) is 21.0 Å². The normalized spacial score (nSPS) is 12.6. The van der Waals surface area contributed by atoms with Gasteiger partial charge in [-0.2, -0.15) is 0 Å². The molecule has 0 amide bonds. The third-order valence-electron chi connectivity index (χ3n) is 2.11. The summed E-state index contributed by atoms with van der Waals surface area (Å²) in [7, 11) is 0. The van der Waals surface area contributed by atoms with Crippen molar-refractivity contribution in [3.8, 4) is 0 Å². The molecule has 1 rings (SSSR count). The fraction of sp³-hybridized carbons (Fsp3) is 0.462. The zero-order chi connectivity index (χ0) is 13.1. The first-order valence-corrected chi connectivity index (χ1v) is 6.28. The Hall–Kier alpha value is -1.03. The van der Waals surface area contributed by atoms with Crippen molar-refractivity contribution in [3.05, 3.63) is 28.1 Å². The summed E-state index contributed by atoms with van der Waals surface area (Å²) in [6, 6.07) is 3.75. The van der Waals surface area contributed by atoms with Gasteiger partial charge in [-0.1, -0.05) is 20.8 Å². The van der Waals surface area contributed by atoms with Crippen LogP contribution in [0.25, 0.3) is 6.08 Å². The van der Waals surface area contributed by atoms with Gasteiger partial charge in [-0.05, 0) is 35.0 Å². The summed E-state index contributed by atoms with van der Waals surface area (Å²) < 4.78 is 10.8. The molecule has 1 aromatic heterocycles. The van der Waals surface area contributed by atoms with E-state index in [2.05, 4.69) is 36.7 Å². The number of carbonyl (C=O) groups is 1. The van der Waals surface area contributed by atoms with Crippen LogP contribution in [0, 0.1) is 0 Å². The molecule has 0 radical (unpaired) electrons. The SMILES string of the molecule is CCOC(=O)/C(Br)=C/c1ccc(C(C)(C)C)o1. The van der Waals surface area contributed by atoms with Gasteiger partial charge in [-0.3, -0.25) is 0 Å². The van der Waals surface area contributed by atoms with E-state index in [1.807, 2.05) is 12.1 Å². The lowest BCUT2D eigenvalue weighted by Crippen LogP contribution is -2.09. The Kier molecular flexibility index (Phi) is 4.57. The van der Waals surface area contributed by atoms with Crippen molar-refractivity contribution in [1.29, 1.82) is 0 Å². The zero-order valence-electron chi connectivity index (χ0n) is 10.5. The summed E-state index contributed by atoms with van der Waals surface area (Å²) in [4.78, 5) is 11.4. The van der Waals surface area contributed by atoms with Crippen molar-refractivity contribution < 1.29 is 13.9 Å². The van der Waals surface area contributed by atoms with Crippen LogP contribution in [0.1, 0.15) is 39.2 Å². The lowest BCUT2D eigenvalue weighted by Gasteiger charge is -2.13. The summed E-state index contributed by atoms with van der Waals surface area (Å²) in [5, 5.41) is 0. The van der Waals surface area contributed by atoms with Crippen LogP contribution >= 0.6 is 15.9 Å². The molecule has 94 valence electrons. The second kappa shape index (κ2) is 5.54. The molecule has 0 aromatic carbocycles. The maximum absolute atomic E-state index is 11.4. The molecule has 0 aliphatic heterocycles. The zero-order valence-corrected chi connectivity index (χ0v) is 12.1. The number of furan rings is 1. The fourth-order valence-electron chi connectivity index (χ4n) is 1.22. The predicted octanol–water partition coefficient (Wildman–Crippen LogP) is 3.88. The Morgan fingerprint density at radius 3 is 2.59 bits per heavy atom. The lowest BCUT2D eigenvalue weighted by molar-refractivity contribution is -0.137. The second-order valence-corrected chi connectivity index (χ2v) is 5.52. The maximum atomic E-state index is 11.4. The van der Waals surface area contributed by atoms with E-state index < -0.39 is 0 Å². The maximum Gasteiger partial charge on any atom is 0.345 e. The van der Waals surface area contributed by atoms with E-state index >= 15 is 0 Å². The summed E-state index contributed by atoms with van der Waals surface area (Å²) in [6.07, 6.45) is 1.62. The molecular formula is C13H17BrO3. The van der Waals surface area contributed by atoms with Crippen molar-refractivity contribution in [2.75, 3.05) is 6.61 Å². The van der Waals surface area contributed by atoms with Crippen LogP contribution in [-0.2, 0) is 14.9 Å². The molecule has 0 saturated carbocycles. The quantitative estimate of drug-likeness (QED) is 0.628. The van der Waals surface area contributed by atoms with E-state index in [0.29, 0.717) is 16.8 Å². The highest BCUT2D eigenvalue weighted by molar-refractivity contribution is 9.12. The average Bonchev–Trinajstić information content (AvgIpc) is 2.66. The molecule has 4 heteroatoms. The summed E-state index contributed by atoms with van der Waals surface area (Å²) >= 11 is 3.17. The van der Waals surface area contributed by atoms with Crippen molar-refractivity contribution in [1.82, 2.24) is 0 Å². The number of ether oxygens (including phenoxy) is 1. The number of hydrogen-bond donors (Lipinski definition) is 0. The van der Waals surface area contributed by atoms with Crippen LogP contribution in [-0.4, -0.2) is 12.6 Å². The van der Waals surface area contributed by atoms with E-state index in [1.54, 1.807) is 13.0 Å². The minimum Gasteiger partial charge on any atom is -0.462 e. The molecule has 0 fully saturated rings. The molecular weight excluding hydrogens is 284 g/mol. The molecule has 0 saturated heterocycles. The van der Waals surface area contributed by atoms with Crippen LogP contribution in [0.2, 0.25) is 0 Å². The van der Waals surface area contributed by atoms with Crippen LogP contribution in [0.4, 0.5) is 0 Å². The van der Waals surface area contributed by atoms with Crippen molar-refractivity contribution in [3.63, 3.8) is 0 Å². The Morgan fingerprint density at radius 1 is 1.47 bits per heavy atom. The number of hydrogen-bond acceptors (Lipinski definition) is 3. The van der Waals surface area contributed by atoms with Crippen LogP contribution in [0.5, 0.6) is 0 Å². The second-order valence-electron chi connectivity index (χ2n) is 4.66. The van der Waals surface area contributed by atoms with Gasteiger partial charge in [0.1, 0.15) is 16.0 Å². The van der Waals surface area contributed by atoms with Gasteiger partial charge in [-0.25, -0.2) is 4.79 Å². The van der Waals surface area contributed by atoms with Crippen LogP contribution in [0.3, 0.4) is 0 Å². The molecule has 0 aliphatic carbocycles. The van der Waals surface area contributed by atoms with E-state index in [0.717, 1.165) is 5.76 Å². The van der Waals surface area contributed by atoms with Gasteiger partial charge in [0, 0.05) is 11.5 Å². The number of carbonyl (C=O) groups excluding carboxylic acids is 1. The van der Waals surface area contributed by atoms with Gasteiger partial charge < -0.3 is 9.15 Å². The topological polar surface area (TPSA) is 39.4 Å². The van der Waals surface area contributed by atoms with E-state index in [1.165, 1.54) is 0 Å². The van der Waals surface area contributed by atoms with Gasteiger partial charge >= 0.3 is 5.97 Å². The smallest absolute Gasteiger partial charge is 0.345 e. The van der Waals surface area contributed by atoms with Gasteiger partial charge in [0.25, 0.3) is 0 Å². The highest BCUT2D eigenvalue weighted by Crippen LogP contribution is 2.25. The van der Waals surface area contributed by atoms with Crippen LogP contribution < -0.4 is 0 Å². The Morgan fingerprint density at radius 2 is 2.12 bits per heavy atom. The summed E-state index contributed by atoms with van der Waals surface area (Å²) in [5.74, 6) is 1.13. The molecule has 0 atom stereocenters. The molecule has 17 heavy (non-hydrogen) atoms. The molecule has 0 bridgehead atoms.